The first-order valence-corrected chi connectivity index (χ1v) is 14.2. The highest BCUT2D eigenvalue weighted by Crippen LogP contribution is 2.57. The number of hydrogen-bond acceptors (Lipinski definition) is 10. The van der Waals surface area contributed by atoms with E-state index >= 15 is 0 Å². The Bertz CT molecular complexity index is 1450. The summed E-state index contributed by atoms with van der Waals surface area (Å²) in [6.07, 6.45) is 0.670. The largest absolute Gasteiger partial charge is 0.508 e. The Labute approximate surface area is 243 Å². The van der Waals surface area contributed by atoms with Crippen LogP contribution in [-0.4, -0.2) is 86.2 Å². The summed E-state index contributed by atoms with van der Waals surface area (Å²) in [4.78, 5) is 56.6. The van der Waals surface area contributed by atoms with Gasteiger partial charge in [-0.05, 0) is 65.3 Å². The van der Waals surface area contributed by atoms with Crippen LogP contribution in [0.1, 0.15) is 64.0 Å². The lowest BCUT2D eigenvalue weighted by molar-refractivity contribution is -0.189. The summed E-state index contributed by atoms with van der Waals surface area (Å²) in [7, 11) is 3.06. The zero-order valence-electron chi connectivity index (χ0n) is 24.6. The van der Waals surface area contributed by atoms with Crippen LogP contribution in [-0.2, 0) is 23.9 Å². The Morgan fingerprint density at radius 3 is 2.29 bits per heavy atom. The van der Waals surface area contributed by atoms with Crippen molar-refractivity contribution in [2.24, 2.45) is 17.8 Å². The number of benzene rings is 1. The summed E-state index contributed by atoms with van der Waals surface area (Å²) < 4.78 is 6.09. The molecule has 1 aromatic carbocycles. The summed E-state index contributed by atoms with van der Waals surface area (Å²) in [5.74, 6) is -9.21. The minimum absolute atomic E-state index is 0.0130. The van der Waals surface area contributed by atoms with Gasteiger partial charge in [-0.25, -0.2) is 0 Å². The molecule has 2 fully saturated rings. The number of amides is 1. The van der Waals surface area contributed by atoms with E-state index in [4.69, 9.17) is 4.74 Å². The highest BCUT2D eigenvalue weighted by atomic mass is 16.5. The van der Waals surface area contributed by atoms with Crippen molar-refractivity contribution in [2.45, 2.75) is 76.2 Å². The molecule has 5 N–H and O–H groups in total. The van der Waals surface area contributed by atoms with E-state index in [9.17, 15) is 39.6 Å². The second-order valence-electron chi connectivity index (χ2n) is 13.2. The number of likely N-dealkylation sites (N-methyl/N-ethyl adjacent to an activating group) is 1. The first-order chi connectivity index (χ1) is 19.5. The molecule has 4 aliphatic carbocycles. The van der Waals surface area contributed by atoms with Crippen LogP contribution in [0.3, 0.4) is 0 Å². The number of Topliss-reactive ketones (excluding diaryl/α,β-unsaturated/α-hetero) is 2. The molecular weight excluding hydrogens is 544 g/mol. The van der Waals surface area contributed by atoms with Gasteiger partial charge < -0.3 is 30.5 Å². The van der Waals surface area contributed by atoms with Crippen molar-refractivity contribution in [3.05, 3.63) is 46.2 Å². The van der Waals surface area contributed by atoms with Gasteiger partial charge in [0.1, 0.15) is 28.9 Å². The molecule has 11 heteroatoms. The number of phenols is 1. The Hall–Kier alpha value is -3.70. The fourth-order valence-electron chi connectivity index (χ4n) is 6.95. The van der Waals surface area contributed by atoms with Gasteiger partial charge in [0.05, 0.1) is 23.4 Å². The lowest BCUT2D eigenvalue weighted by atomic mass is 9.54. The van der Waals surface area contributed by atoms with E-state index in [0.717, 1.165) is 6.42 Å². The van der Waals surface area contributed by atoms with Crippen LogP contribution in [0.15, 0.2) is 35.1 Å². The lowest BCUT2D eigenvalue weighted by Gasteiger charge is -2.54. The van der Waals surface area contributed by atoms with Crippen molar-refractivity contribution < 1.29 is 44.3 Å². The molecule has 0 bridgehead atoms. The molecule has 1 amide bonds. The highest BCUT2D eigenvalue weighted by molar-refractivity contribution is 6.25. The van der Waals surface area contributed by atoms with E-state index in [-0.39, 0.29) is 16.9 Å². The molecule has 226 valence electrons. The predicted octanol–water partition coefficient (Wildman–Crippen LogP) is 2.28. The van der Waals surface area contributed by atoms with Gasteiger partial charge in [-0.3, -0.25) is 24.1 Å². The van der Waals surface area contributed by atoms with E-state index in [2.05, 4.69) is 5.32 Å². The number of rotatable bonds is 4. The number of carbonyl (C=O) groups excluding carboxylic acids is 4. The molecule has 0 radical (unpaired) electrons. The zero-order valence-corrected chi connectivity index (χ0v) is 24.6. The van der Waals surface area contributed by atoms with Gasteiger partial charge >= 0.3 is 5.97 Å². The second kappa shape index (κ2) is 9.95. The monoisotopic (exact) mass is 582 g/mol. The van der Waals surface area contributed by atoms with Gasteiger partial charge in [0.15, 0.2) is 11.4 Å². The number of hydrogen-bond donors (Lipinski definition) is 5. The summed E-state index contributed by atoms with van der Waals surface area (Å²) in [5.41, 5.74) is -4.42. The molecule has 4 aliphatic rings. The van der Waals surface area contributed by atoms with Crippen LogP contribution in [0.4, 0.5) is 0 Å². The third-order valence-electron chi connectivity index (χ3n) is 9.13. The van der Waals surface area contributed by atoms with E-state index in [1.54, 1.807) is 39.8 Å². The van der Waals surface area contributed by atoms with Crippen LogP contribution in [0.25, 0.3) is 5.76 Å². The van der Waals surface area contributed by atoms with Gasteiger partial charge in [-0.15, -0.1) is 0 Å². The molecule has 0 heterocycles. The van der Waals surface area contributed by atoms with Crippen LogP contribution < -0.4 is 5.32 Å². The molecule has 0 spiro atoms. The van der Waals surface area contributed by atoms with Gasteiger partial charge in [-0.2, -0.15) is 0 Å². The number of nitrogens with one attached hydrogen (secondary N) is 1. The number of aromatic hydroxyl groups is 1. The predicted molar refractivity (Wildman–Crippen MR) is 150 cm³/mol. The smallest absolute Gasteiger partial charge is 0.309 e. The van der Waals surface area contributed by atoms with Gasteiger partial charge in [-0.1, -0.05) is 25.5 Å². The van der Waals surface area contributed by atoms with E-state index in [1.807, 2.05) is 0 Å². The van der Waals surface area contributed by atoms with Crippen molar-refractivity contribution in [3.63, 3.8) is 0 Å². The number of esters is 1. The second-order valence-corrected chi connectivity index (χ2v) is 13.2. The summed E-state index contributed by atoms with van der Waals surface area (Å²) in [6, 6.07) is 3.23. The van der Waals surface area contributed by atoms with Crippen molar-refractivity contribution in [1.82, 2.24) is 10.2 Å². The van der Waals surface area contributed by atoms with Crippen molar-refractivity contribution in [3.8, 4) is 5.75 Å². The fourth-order valence-corrected chi connectivity index (χ4v) is 6.95. The van der Waals surface area contributed by atoms with Crippen LogP contribution in [0.2, 0.25) is 0 Å². The molecule has 5 rings (SSSR count). The lowest BCUT2D eigenvalue weighted by Crippen LogP contribution is -2.71. The quantitative estimate of drug-likeness (QED) is 0.262. The number of aliphatic hydroxyl groups excluding tert-OH is 2. The molecule has 11 nitrogen and oxygen atoms in total. The molecule has 0 aliphatic heterocycles. The maximum Gasteiger partial charge on any atom is 0.309 e. The average molecular weight is 583 g/mol. The Balaban J connectivity index is 1.80. The van der Waals surface area contributed by atoms with Crippen molar-refractivity contribution >= 4 is 29.2 Å². The Morgan fingerprint density at radius 2 is 1.74 bits per heavy atom. The van der Waals surface area contributed by atoms with Crippen LogP contribution >= 0.6 is 0 Å². The normalized spacial score (nSPS) is 31.3. The zero-order chi connectivity index (χ0) is 31.0. The van der Waals surface area contributed by atoms with E-state index < -0.39 is 87.5 Å². The van der Waals surface area contributed by atoms with Crippen LogP contribution in [0, 0.1) is 17.8 Å². The molecule has 2 saturated carbocycles. The molecule has 6 atom stereocenters. The molecular formula is C31H38N2O9. The Kier molecular flexibility index (Phi) is 7.05. The van der Waals surface area contributed by atoms with Crippen molar-refractivity contribution in [1.29, 1.82) is 0 Å². The Morgan fingerprint density at radius 1 is 1.10 bits per heavy atom. The van der Waals surface area contributed by atoms with Crippen molar-refractivity contribution in [2.75, 3.05) is 14.1 Å². The van der Waals surface area contributed by atoms with Gasteiger partial charge in [0, 0.05) is 17.0 Å². The number of phenolic OH excluding ortho intramolecular Hbond substituents is 1. The molecule has 0 saturated heterocycles. The molecule has 6 unspecified atom stereocenters. The molecule has 1 aromatic rings. The summed E-state index contributed by atoms with van der Waals surface area (Å²) in [6.45, 7) is 6.74. The number of carbonyl (C=O) groups is 4. The first-order valence-electron chi connectivity index (χ1n) is 14.2. The minimum atomic E-state index is -2.92. The van der Waals surface area contributed by atoms with E-state index in [1.165, 1.54) is 25.1 Å². The number of aliphatic hydroxyl groups is 3. The standard InChI is InChI=1S/C31H38N2O9/c1-13-15-11-8-12-16(34)18(15)23(35)19-17(13)25(42-29(40)14-9-7-10-14)21-22(33(5)6)24(36)20(28(39)32-30(2,3)4)27(38)31(21,41)26(19)37/h8,11-14,17,21-22,25,34-35,38,41H,7,9-10H2,1-6H3,(H,32,39). The first kappa shape index (κ1) is 29.8. The number of fused-ring (bicyclic) bond motifs is 3. The third kappa shape index (κ3) is 4.24. The maximum absolute atomic E-state index is 14.4. The SMILES string of the molecule is CC1c2cccc(O)c2C(O)=C2C(=O)C3(O)C(O)=C(C(=O)NC(C)(C)C)C(=O)C(N(C)C)C3C(OC(=O)C3CCC3)C21. The maximum atomic E-state index is 14.4. The number of ether oxygens (including phenoxy) is 1. The summed E-state index contributed by atoms with van der Waals surface area (Å²) in [5, 5.41) is 48.6. The van der Waals surface area contributed by atoms with Crippen LogP contribution in [0.5, 0.6) is 5.75 Å². The molecule has 42 heavy (non-hydrogen) atoms. The summed E-state index contributed by atoms with van der Waals surface area (Å²) >= 11 is 0. The van der Waals surface area contributed by atoms with E-state index in [0.29, 0.717) is 18.4 Å². The number of ketones is 2. The number of nitrogens with zero attached hydrogens (tertiary/aromatic N) is 1. The minimum Gasteiger partial charge on any atom is -0.508 e. The fraction of sp³-hybridized carbons (Fsp3) is 0.548. The highest BCUT2D eigenvalue weighted by Gasteiger charge is 2.69. The average Bonchev–Trinajstić information content (AvgIpc) is 2.83. The molecule has 0 aromatic heterocycles. The topological polar surface area (TPSA) is 174 Å². The third-order valence-corrected chi connectivity index (χ3v) is 9.13. The van der Waals surface area contributed by atoms with Gasteiger partial charge in [0.25, 0.3) is 5.91 Å². The van der Waals surface area contributed by atoms with Gasteiger partial charge in [0.2, 0.25) is 5.78 Å².